The summed E-state index contributed by atoms with van der Waals surface area (Å²) in [5.41, 5.74) is 3.46. The standard InChI is InChI=1S/C26H23NO5/c28-21-14-10-19(11-15-21)25(30)27-20-12-8-17(9-13-20)16-4-6-18(7-5-16)24(29)22-2-1-3-23(22)26(31)32/h4-15,22-23,28H,1-3H2,(H,27,30)(H,31,32)/t22-,23-/m0/s1. The molecule has 1 saturated carbocycles. The van der Waals surface area contributed by atoms with Gasteiger partial charge in [-0.2, -0.15) is 0 Å². The van der Waals surface area contributed by atoms with Gasteiger partial charge in [0.15, 0.2) is 5.78 Å². The second kappa shape index (κ2) is 9.06. The van der Waals surface area contributed by atoms with Crippen molar-refractivity contribution in [1.82, 2.24) is 0 Å². The lowest BCUT2D eigenvalue weighted by Crippen LogP contribution is -2.25. The maximum absolute atomic E-state index is 12.8. The zero-order valence-corrected chi connectivity index (χ0v) is 17.3. The van der Waals surface area contributed by atoms with E-state index in [1.165, 1.54) is 12.1 Å². The van der Waals surface area contributed by atoms with Crippen LogP contribution in [0.4, 0.5) is 5.69 Å². The smallest absolute Gasteiger partial charge is 0.307 e. The van der Waals surface area contributed by atoms with Crippen LogP contribution in [-0.2, 0) is 4.79 Å². The zero-order chi connectivity index (χ0) is 22.7. The molecule has 162 valence electrons. The lowest BCUT2D eigenvalue weighted by molar-refractivity contribution is -0.142. The van der Waals surface area contributed by atoms with E-state index < -0.39 is 17.8 Å². The molecule has 1 aliphatic carbocycles. The Hall–Kier alpha value is -3.93. The van der Waals surface area contributed by atoms with E-state index in [1.54, 1.807) is 36.4 Å². The van der Waals surface area contributed by atoms with Gasteiger partial charge in [0.05, 0.1) is 5.92 Å². The fraction of sp³-hybridized carbons (Fsp3) is 0.192. The van der Waals surface area contributed by atoms with Crippen LogP contribution in [-0.4, -0.2) is 27.9 Å². The van der Waals surface area contributed by atoms with Crippen LogP contribution in [0.1, 0.15) is 40.0 Å². The Balaban J connectivity index is 1.43. The zero-order valence-electron chi connectivity index (χ0n) is 17.3. The number of rotatable bonds is 6. The normalized spacial score (nSPS) is 17.6. The predicted octanol–water partition coefficient (Wildman–Crippen LogP) is 5.00. The Labute approximate surface area is 185 Å². The summed E-state index contributed by atoms with van der Waals surface area (Å²) in [6, 6.07) is 20.5. The molecule has 3 aromatic carbocycles. The molecule has 0 heterocycles. The summed E-state index contributed by atoms with van der Waals surface area (Å²) in [5, 5.41) is 21.5. The van der Waals surface area contributed by atoms with Crippen LogP contribution in [0.3, 0.4) is 0 Å². The molecule has 4 rings (SSSR count). The van der Waals surface area contributed by atoms with Gasteiger partial charge in [0.1, 0.15) is 5.75 Å². The molecule has 0 saturated heterocycles. The Bertz CT molecular complexity index is 1130. The maximum Gasteiger partial charge on any atom is 0.307 e. The Morgan fingerprint density at radius 2 is 1.25 bits per heavy atom. The molecule has 2 atom stereocenters. The van der Waals surface area contributed by atoms with Crippen molar-refractivity contribution in [2.45, 2.75) is 19.3 Å². The summed E-state index contributed by atoms with van der Waals surface area (Å²) in [4.78, 5) is 36.5. The number of carboxylic acids is 1. The van der Waals surface area contributed by atoms with Crippen molar-refractivity contribution in [1.29, 1.82) is 0 Å². The average molecular weight is 429 g/mol. The number of nitrogens with one attached hydrogen (secondary N) is 1. The number of amides is 1. The SMILES string of the molecule is O=C(Nc1ccc(-c2ccc(C(=O)[C@H]3CCC[C@@H]3C(=O)O)cc2)cc1)c1ccc(O)cc1. The maximum atomic E-state index is 12.8. The summed E-state index contributed by atoms with van der Waals surface area (Å²) in [7, 11) is 0. The van der Waals surface area contributed by atoms with Gasteiger partial charge < -0.3 is 15.5 Å². The molecule has 3 N–H and O–H groups in total. The number of ketones is 1. The molecular formula is C26H23NO5. The average Bonchev–Trinajstić information content (AvgIpc) is 3.30. The number of phenols is 1. The van der Waals surface area contributed by atoms with Gasteiger partial charge >= 0.3 is 5.97 Å². The van der Waals surface area contributed by atoms with Crippen LogP contribution in [0.25, 0.3) is 11.1 Å². The second-order valence-corrected chi connectivity index (χ2v) is 8.00. The molecule has 6 heteroatoms. The van der Waals surface area contributed by atoms with Crippen LogP contribution >= 0.6 is 0 Å². The van der Waals surface area contributed by atoms with Crippen molar-refractivity contribution in [2.75, 3.05) is 5.32 Å². The number of aliphatic carboxylic acids is 1. The molecule has 0 unspecified atom stereocenters. The van der Waals surface area contributed by atoms with Crippen molar-refractivity contribution in [3.05, 3.63) is 83.9 Å². The van der Waals surface area contributed by atoms with E-state index in [4.69, 9.17) is 0 Å². The first-order valence-electron chi connectivity index (χ1n) is 10.5. The number of carboxylic acid groups (broad SMARTS) is 1. The Morgan fingerprint density at radius 1 is 0.719 bits per heavy atom. The van der Waals surface area contributed by atoms with Crippen LogP contribution in [0.2, 0.25) is 0 Å². The summed E-state index contributed by atoms with van der Waals surface area (Å²) in [5.74, 6) is -2.21. The molecule has 0 aromatic heterocycles. The molecule has 3 aromatic rings. The number of hydrogen-bond donors (Lipinski definition) is 3. The van der Waals surface area contributed by atoms with Gasteiger partial charge in [-0.15, -0.1) is 0 Å². The van der Waals surface area contributed by atoms with E-state index in [9.17, 15) is 24.6 Å². The first-order valence-corrected chi connectivity index (χ1v) is 10.5. The monoisotopic (exact) mass is 429 g/mol. The first kappa shape index (κ1) is 21.3. The molecule has 0 aliphatic heterocycles. The van der Waals surface area contributed by atoms with Crippen LogP contribution < -0.4 is 5.32 Å². The second-order valence-electron chi connectivity index (χ2n) is 8.00. The summed E-state index contributed by atoms with van der Waals surface area (Å²) >= 11 is 0. The van der Waals surface area contributed by atoms with E-state index in [0.29, 0.717) is 29.7 Å². The highest BCUT2D eigenvalue weighted by Gasteiger charge is 2.37. The highest BCUT2D eigenvalue weighted by Crippen LogP contribution is 2.35. The van der Waals surface area contributed by atoms with Gasteiger partial charge in [-0.1, -0.05) is 42.8 Å². The molecule has 0 radical (unpaired) electrons. The van der Waals surface area contributed by atoms with Crippen molar-refractivity contribution in [3.8, 4) is 16.9 Å². The van der Waals surface area contributed by atoms with Crippen LogP contribution in [0, 0.1) is 11.8 Å². The van der Waals surface area contributed by atoms with E-state index in [2.05, 4.69) is 5.32 Å². The van der Waals surface area contributed by atoms with Gasteiger partial charge in [-0.3, -0.25) is 14.4 Å². The van der Waals surface area contributed by atoms with Crippen LogP contribution in [0.15, 0.2) is 72.8 Å². The highest BCUT2D eigenvalue weighted by atomic mass is 16.4. The molecule has 1 amide bonds. The minimum atomic E-state index is -0.893. The van der Waals surface area contributed by atoms with Crippen molar-refractivity contribution < 1.29 is 24.6 Å². The third-order valence-electron chi connectivity index (χ3n) is 5.94. The summed E-state index contributed by atoms with van der Waals surface area (Å²) in [6.07, 6.45) is 1.94. The number of anilines is 1. The third-order valence-corrected chi connectivity index (χ3v) is 5.94. The predicted molar refractivity (Wildman–Crippen MR) is 121 cm³/mol. The van der Waals surface area contributed by atoms with E-state index >= 15 is 0 Å². The first-order chi connectivity index (χ1) is 15.4. The Kier molecular flexibility index (Phi) is 6.03. The lowest BCUT2D eigenvalue weighted by Gasteiger charge is -2.14. The summed E-state index contributed by atoms with van der Waals surface area (Å²) < 4.78 is 0. The number of phenolic OH excluding ortho intramolecular Hbond substituents is 1. The molecule has 1 fully saturated rings. The minimum absolute atomic E-state index is 0.101. The number of aromatic hydroxyl groups is 1. The third kappa shape index (κ3) is 4.54. The quantitative estimate of drug-likeness (QED) is 0.479. The van der Waals surface area contributed by atoms with Crippen LogP contribution in [0.5, 0.6) is 5.75 Å². The van der Waals surface area contributed by atoms with Gasteiger partial charge in [-0.25, -0.2) is 0 Å². The van der Waals surface area contributed by atoms with Crippen molar-refractivity contribution in [2.24, 2.45) is 11.8 Å². The number of Topliss-reactive ketones (excluding diaryl/α,β-unsaturated/α-hetero) is 1. The fourth-order valence-electron chi connectivity index (χ4n) is 4.17. The molecule has 0 spiro atoms. The highest BCUT2D eigenvalue weighted by molar-refractivity contribution is 6.04. The molecule has 6 nitrogen and oxygen atoms in total. The fourth-order valence-corrected chi connectivity index (χ4v) is 4.17. The molecule has 1 aliphatic rings. The number of benzene rings is 3. The van der Waals surface area contributed by atoms with Gasteiger partial charge in [0.2, 0.25) is 0 Å². The van der Waals surface area contributed by atoms with Gasteiger partial charge in [0, 0.05) is 22.7 Å². The summed E-state index contributed by atoms with van der Waals surface area (Å²) in [6.45, 7) is 0. The number of carbonyl (C=O) groups is 3. The number of carbonyl (C=O) groups excluding carboxylic acids is 2. The van der Waals surface area contributed by atoms with Crippen molar-refractivity contribution >= 4 is 23.3 Å². The lowest BCUT2D eigenvalue weighted by atomic mass is 9.88. The largest absolute Gasteiger partial charge is 0.508 e. The van der Waals surface area contributed by atoms with E-state index in [1.807, 2.05) is 24.3 Å². The van der Waals surface area contributed by atoms with Crippen molar-refractivity contribution in [3.63, 3.8) is 0 Å². The van der Waals surface area contributed by atoms with Gasteiger partial charge in [0.25, 0.3) is 5.91 Å². The van der Waals surface area contributed by atoms with E-state index in [0.717, 1.165) is 17.5 Å². The van der Waals surface area contributed by atoms with Gasteiger partial charge in [-0.05, 0) is 60.4 Å². The number of hydrogen-bond acceptors (Lipinski definition) is 4. The Morgan fingerprint density at radius 3 is 1.84 bits per heavy atom. The molecule has 0 bridgehead atoms. The molecular weight excluding hydrogens is 406 g/mol. The topological polar surface area (TPSA) is 104 Å². The minimum Gasteiger partial charge on any atom is -0.508 e. The molecule has 32 heavy (non-hydrogen) atoms. The van der Waals surface area contributed by atoms with E-state index in [-0.39, 0.29) is 17.4 Å².